The van der Waals surface area contributed by atoms with Crippen molar-refractivity contribution in [2.75, 3.05) is 11.9 Å². The number of amides is 1. The van der Waals surface area contributed by atoms with Crippen molar-refractivity contribution in [3.05, 3.63) is 98.1 Å². The van der Waals surface area contributed by atoms with Crippen LogP contribution in [0.2, 0.25) is 0 Å². The number of ketones is 1. The Bertz CT molecular complexity index is 1880. The minimum absolute atomic E-state index is 0.0584. The number of aromatic nitrogens is 5. The van der Waals surface area contributed by atoms with Crippen LogP contribution in [-0.2, 0) is 25.9 Å². The average Bonchev–Trinajstić information content (AvgIpc) is 3.72. The second kappa shape index (κ2) is 10.3. The number of H-pyrrole nitrogens is 1. The highest BCUT2D eigenvalue weighted by molar-refractivity contribution is 7.11. The number of benzene rings is 2. The SMILES string of the molecule is O=C(Nc1nc2c(C(=O)Cc3nc4c(s3)CN(Cc3nccs3)CC4)cccc2[nH]1)c1cc2ccccc2cn1. The first-order chi connectivity index (χ1) is 19.6. The Morgan fingerprint density at radius 3 is 2.80 bits per heavy atom. The molecule has 40 heavy (non-hydrogen) atoms. The number of para-hydroxylation sites is 1. The van der Waals surface area contributed by atoms with Crippen molar-refractivity contribution in [1.29, 1.82) is 0 Å². The number of thiazole rings is 2. The molecule has 2 N–H and O–H groups in total. The van der Waals surface area contributed by atoms with Gasteiger partial charge in [-0.05, 0) is 23.6 Å². The van der Waals surface area contributed by atoms with Crippen molar-refractivity contribution in [3.8, 4) is 0 Å². The van der Waals surface area contributed by atoms with Gasteiger partial charge >= 0.3 is 0 Å². The lowest BCUT2D eigenvalue weighted by Gasteiger charge is -2.24. The Morgan fingerprint density at radius 2 is 1.93 bits per heavy atom. The molecule has 6 aromatic rings. The van der Waals surface area contributed by atoms with Crippen molar-refractivity contribution in [2.45, 2.75) is 25.9 Å². The van der Waals surface area contributed by atoms with E-state index in [9.17, 15) is 9.59 Å². The number of nitrogens with zero attached hydrogens (tertiary/aromatic N) is 5. The molecule has 9 nitrogen and oxygen atoms in total. The van der Waals surface area contributed by atoms with Gasteiger partial charge in [0.05, 0.1) is 24.2 Å². The van der Waals surface area contributed by atoms with E-state index in [1.165, 1.54) is 4.88 Å². The zero-order valence-electron chi connectivity index (χ0n) is 21.3. The van der Waals surface area contributed by atoms with Gasteiger partial charge in [0.25, 0.3) is 5.91 Å². The van der Waals surface area contributed by atoms with E-state index in [4.69, 9.17) is 4.98 Å². The number of fused-ring (bicyclic) bond motifs is 3. The zero-order valence-corrected chi connectivity index (χ0v) is 22.9. The lowest BCUT2D eigenvalue weighted by atomic mass is 10.1. The van der Waals surface area contributed by atoms with Gasteiger partial charge in [0.2, 0.25) is 5.95 Å². The number of aromatic amines is 1. The molecule has 0 saturated carbocycles. The summed E-state index contributed by atoms with van der Waals surface area (Å²) in [5, 5.41) is 8.59. The number of rotatable bonds is 7. The molecule has 1 amide bonds. The number of nitrogens with one attached hydrogen (secondary N) is 2. The molecule has 0 unspecified atom stereocenters. The fourth-order valence-corrected chi connectivity index (χ4v) is 6.78. The fourth-order valence-electron chi connectivity index (χ4n) is 4.96. The predicted octanol–water partition coefficient (Wildman–Crippen LogP) is 5.26. The van der Waals surface area contributed by atoms with Crippen LogP contribution in [-0.4, -0.2) is 48.1 Å². The summed E-state index contributed by atoms with van der Waals surface area (Å²) >= 11 is 3.28. The summed E-state index contributed by atoms with van der Waals surface area (Å²) in [5.74, 6) is -0.174. The van der Waals surface area contributed by atoms with E-state index >= 15 is 0 Å². The first-order valence-corrected chi connectivity index (χ1v) is 14.5. The number of imidazole rings is 1. The second-order valence-corrected chi connectivity index (χ2v) is 11.8. The number of hydrogen-bond donors (Lipinski definition) is 2. The molecule has 1 aliphatic rings. The summed E-state index contributed by atoms with van der Waals surface area (Å²) in [7, 11) is 0. The summed E-state index contributed by atoms with van der Waals surface area (Å²) in [6.45, 7) is 2.59. The van der Waals surface area contributed by atoms with Gasteiger partial charge in [-0.15, -0.1) is 22.7 Å². The maximum Gasteiger partial charge on any atom is 0.276 e. The van der Waals surface area contributed by atoms with Gasteiger partial charge in [-0.1, -0.05) is 30.3 Å². The first kappa shape index (κ1) is 24.7. The van der Waals surface area contributed by atoms with Crippen molar-refractivity contribution >= 4 is 62.1 Å². The largest absolute Gasteiger partial charge is 0.324 e. The molecule has 4 aromatic heterocycles. The lowest BCUT2D eigenvalue weighted by molar-refractivity contribution is 0.0992. The van der Waals surface area contributed by atoms with Crippen molar-refractivity contribution in [2.24, 2.45) is 0 Å². The Kier molecular flexibility index (Phi) is 6.39. The van der Waals surface area contributed by atoms with Crippen molar-refractivity contribution in [1.82, 2.24) is 29.8 Å². The molecule has 0 spiro atoms. The standard InChI is InChI=1S/C29H23N7O2S2/c37-23(13-25-32-20-8-10-36(15-24(20)40-25)16-26-30-9-11-39-26)19-6-3-7-21-27(19)34-29(33-21)35-28(38)22-12-17-4-1-2-5-18(17)14-31-22/h1-7,9,11-12,14H,8,10,13,15-16H2,(H2,33,34,35,38). The Hall–Kier alpha value is -4.32. The van der Waals surface area contributed by atoms with Crippen LogP contribution in [0.1, 0.15) is 41.4 Å². The number of pyridine rings is 1. The normalized spacial score (nSPS) is 13.5. The Labute approximate surface area is 237 Å². The predicted molar refractivity (Wildman–Crippen MR) is 156 cm³/mol. The van der Waals surface area contributed by atoms with Crippen LogP contribution < -0.4 is 5.32 Å². The van der Waals surface area contributed by atoms with Gasteiger partial charge in [0.15, 0.2) is 5.78 Å². The minimum atomic E-state index is -0.380. The number of Topliss-reactive ketones (excluding diaryl/α,β-unsaturated/α-hetero) is 1. The molecule has 0 saturated heterocycles. The monoisotopic (exact) mass is 565 g/mol. The summed E-state index contributed by atoms with van der Waals surface area (Å²) in [5.41, 5.74) is 3.06. The van der Waals surface area contributed by atoms with Crippen molar-refractivity contribution < 1.29 is 9.59 Å². The van der Waals surface area contributed by atoms with Crippen LogP contribution >= 0.6 is 22.7 Å². The highest BCUT2D eigenvalue weighted by Crippen LogP contribution is 2.28. The number of carbonyl (C=O) groups is 2. The summed E-state index contributed by atoms with van der Waals surface area (Å²) in [4.78, 5) is 51.0. The highest BCUT2D eigenvalue weighted by atomic mass is 32.1. The third-order valence-electron chi connectivity index (χ3n) is 6.92. The lowest BCUT2D eigenvalue weighted by Crippen LogP contribution is -2.29. The molecule has 0 radical (unpaired) electrons. The molecule has 7 rings (SSSR count). The van der Waals surface area contributed by atoms with E-state index in [2.05, 4.69) is 30.2 Å². The van der Waals surface area contributed by atoms with Crippen molar-refractivity contribution in [3.63, 3.8) is 0 Å². The first-order valence-electron chi connectivity index (χ1n) is 12.9. The van der Waals surface area contributed by atoms with Crippen LogP contribution in [0.4, 0.5) is 5.95 Å². The van der Waals surface area contributed by atoms with Gasteiger partial charge in [-0.3, -0.25) is 24.8 Å². The maximum absolute atomic E-state index is 13.4. The summed E-state index contributed by atoms with van der Waals surface area (Å²) in [6, 6.07) is 14.9. The molecular formula is C29H23N7O2S2. The molecule has 0 bridgehead atoms. The molecule has 198 valence electrons. The van der Waals surface area contributed by atoms with E-state index in [0.717, 1.165) is 52.5 Å². The van der Waals surface area contributed by atoms with Crippen LogP contribution in [0.15, 0.2) is 66.3 Å². The Balaban J connectivity index is 1.07. The van der Waals surface area contributed by atoms with Crippen LogP contribution in [0.25, 0.3) is 21.8 Å². The molecule has 0 atom stereocenters. The quantitative estimate of drug-likeness (QED) is 0.254. The average molecular weight is 566 g/mol. The molecule has 2 aromatic carbocycles. The minimum Gasteiger partial charge on any atom is -0.324 e. The van der Waals surface area contributed by atoms with E-state index in [-0.39, 0.29) is 29.8 Å². The molecule has 1 aliphatic heterocycles. The molecule has 5 heterocycles. The van der Waals surface area contributed by atoms with Crippen LogP contribution in [0, 0.1) is 0 Å². The maximum atomic E-state index is 13.4. The molecule has 0 fully saturated rings. The molecular weight excluding hydrogens is 543 g/mol. The second-order valence-electron chi connectivity index (χ2n) is 9.62. The topological polar surface area (TPSA) is 117 Å². The summed E-state index contributed by atoms with van der Waals surface area (Å²) < 4.78 is 0. The highest BCUT2D eigenvalue weighted by Gasteiger charge is 2.23. The van der Waals surface area contributed by atoms with Crippen LogP contribution in [0.3, 0.4) is 0 Å². The van der Waals surface area contributed by atoms with Gasteiger partial charge in [0, 0.05) is 53.1 Å². The van der Waals surface area contributed by atoms with E-state index < -0.39 is 0 Å². The third kappa shape index (κ3) is 4.90. The van der Waals surface area contributed by atoms with Gasteiger partial charge < -0.3 is 4.98 Å². The Morgan fingerprint density at radius 1 is 1.02 bits per heavy atom. The van der Waals surface area contributed by atoms with E-state index in [1.54, 1.807) is 41.0 Å². The molecule has 11 heteroatoms. The van der Waals surface area contributed by atoms with Gasteiger partial charge in [-0.2, -0.15) is 0 Å². The number of anilines is 1. The van der Waals surface area contributed by atoms with E-state index in [1.807, 2.05) is 48.0 Å². The van der Waals surface area contributed by atoms with Gasteiger partial charge in [-0.25, -0.2) is 15.0 Å². The number of hydrogen-bond acceptors (Lipinski definition) is 9. The smallest absolute Gasteiger partial charge is 0.276 e. The molecule has 0 aliphatic carbocycles. The summed E-state index contributed by atoms with van der Waals surface area (Å²) in [6.07, 6.45) is 4.59. The third-order valence-corrected chi connectivity index (χ3v) is 8.76. The van der Waals surface area contributed by atoms with E-state index in [0.29, 0.717) is 16.6 Å². The fraction of sp³-hybridized carbons (Fsp3) is 0.172. The zero-order chi connectivity index (χ0) is 27.1. The number of carbonyl (C=O) groups excluding carboxylic acids is 2. The van der Waals surface area contributed by atoms with Crippen LogP contribution in [0.5, 0.6) is 0 Å². The van der Waals surface area contributed by atoms with Gasteiger partial charge in [0.1, 0.15) is 21.2 Å².